The third kappa shape index (κ3) is 4.22. The number of piperidine rings is 1. The Morgan fingerprint density at radius 3 is 2.67 bits per heavy atom. The van der Waals surface area contributed by atoms with Crippen molar-refractivity contribution in [2.75, 3.05) is 11.9 Å². The standard InChI is InChI=1S/C20H25N3O/c1-15(24)23-18-11-6-5-10-17(18)14-22-19-12-7-13-21-20(19)16-8-3-2-4-9-16/h2-6,8-11,19-22H,7,12-14H2,1H3,(H,23,24)/t19-,20-/m0/s1. The van der Waals surface area contributed by atoms with E-state index >= 15 is 0 Å². The first-order chi connectivity index (χ1) is 11.7. The van der Waals surface area contributed by atoms with E-state index in [1.807, 2.05) is 18.2 Å². The molecule has 0 aromatic heterocycles. The van der Waals surface area contributed by atoms with Gasteiger partial charge < -0.3 is 16.0 Å². The van der Waals surface area contributed by atoms with Crippen LogP contribution in [0.25, 0.3) is 0 Å². The molecule has 1 aliphatic rings. The van der Waals surface area contributed by atoms with Crippen molar-refractivity contribution in [2.24, 2.45) is 0 Å². The number of rotatable bonds is 5. The van der Waals surface area contributed by atoms with Crippen molar-refractivity contribution >= 4 is 11.6 Å². The van der Waals surface area contributed by atoms with Crippen molar-refractivity contribution in [3.8, 4) is 0 Å². The number of anilines is 1. The first kappa shape index (κ1) is 16.7. The smallest absolute Gasteiger partial charge is 0.221 e. The zero-order valence-electron chi connectivity index (χ0n) is 14.1. The van der Waals surface area contributed by atoms with Crippen LogP contribution in [0.3, 0.4) is 0 Å². The van der Waals surface area contributed by atoms with Gasteiger partial charge in [0.15, 0.2) is 0 Å². The van der Waals surface area contributed by atoms with E-state index in [0.29, 0.717) is 12.1 Å². The van der Waals surface area contributed by atoms with Gasteiger partial charge in [0.05, 0.1) is 0 Å². The fraction of sp³-hybridized carbons (Fsp3) is 0.350. The minimum atomic E-state index is -0.0380. The van der Waals surface area contributed by atoms with Crippen LogP contribution in [0, 0.1) is 0 Å². The van der Waals surface area contributed by atoms with Crippen LogP contribution in [0.2, 0.25) is 0 Å². The lowest BCUT2D eigenvalue weighted by molar-refractivity contribution is -0.114. The van der Waals surface area contributed by atoms with E-state index in [1.165, 1.54) is 12.0 Å². The normalized spacial score (nSPS) is 20.5. The number of hydrogen-bond acceptors (Lipinski definition) is 3. The molecule has 3 rings (SSSR count). The molecule has 1 fully saturated rings. The summed E-state index contributed by atoms with van der Waals surface area (Å²) in [5.41, 5.74) is 3.33. The summed E-state index contributed by atoms with van der Waals surface area (Å²) in [6.45, 7) is 3.34. The summed E-state index contributed by atoms with van der Waals surface area (Å²) in [4.78, 5) is 11.4. The second-order valence-corrected chi connectivity index (χ2v) is 6.31. The summed E-state index contributed by atoms with van der Waals surface area (Å²) in [7, 11) is 0. The van der Waals surface area contributed by atoms with Gasteiger partial charge in [-0.05, 0) is 36.6 Å². The van der Waals surface area contributed by atoms with Gasteiger partial charge in [-0.1, -0.05) is 48.5 Å². The number of para-hydroxylation sites is 1. The summed E-state index contributed by atoms with van der Waals surface area (Å²) >= 11 is 0. The summed E-state index contributed by atoms with van der Waals surface area (Å²) in [6.07, 6.45) is 2.32. The lowest BCUT2D eigenvalue weighted by Gasteiger charge is -2.34. The molecular formula is C20H25N3O. The Morgan fingerprint density at radius 1 is 1.12 bits per heavy atom. The molecule has 0 spiro atoms. The molecule has 0 saturated carbocycles. The third-order valence-corrected chi connectivity index (χ3v) is 4.50. The van der Waals surface area contributed by atoms with Crippen LogP contribution in [-0.2, 0) is 11.3 Å². The maximum Gasteiger partial charge on any atom is 0.221 e. The van der Waals surface area contributed by atoms with E-state index in [9.17, 15) is 4.79 Å². The lowest BCUT2D eigenvalue weighted by Crippen LogP contribution is -2.45. The Hall–Kier alpha value is -2.17. The van der Waals surface area contributed by atoms with E-state index in [0.717, 1.165) is 30.8 Å². The molecule has 4 heteroatoms. The van der Waals surface area contributed by atoms with Gasteiger partial charge >= 0.3 is 0 Å². The minimum absolute atomic E-state index is 0.0380. The Labute approximate surface area is 143 Å². The van der Waals surface area contributed by atoms with E-state index in [1.54, 1.807) is 6.92 Å². The molecule has 2 aromatic rings. The van der Waals surface area contributed by atoms with Gasteiger partial charge in [0.2, 0.25) is 5.91 Å². The van der Waals surface area contributed by atoms with Gasteiger partial charge in [-0.3, -0.25) is 4.79 Å². The highest BCUT2D eigenvalue weighted by molar-refractivity contribution is 5.89. The van der Waals surface area contributed by atoms with Crippen molar-refractivity contribution in [2.45, 2.75) is 38.4 Å². The van der Waals surface area contributed by atoms with Crippen molar-refractivity contribution in [3.05, 3.63) is 65.7 Å². The fourth-order valence-electron chi connectivity index (χ4n) is 3.35. The molecule has 1 amide bonds. The number of carbonyl (C=O) groups is 1. The first-order valence-corrected chi connectivity index (χ1v) is 8.61. The molecule has 0 unspecified atom stereocenters. The molecular weight excluding hydrogens is 298 g/mol. The van der Waals surface area contributed by atoms with Crippen molar-refractivity contribution in [1.29, 1.82) is 0 Å². The Morgan fingerprint density at radius 2 is 1.88 bits per heavy atom. The number of nitrogens with one attached hydrogen (secondary N) is 3. The van der Waals surface area contributed by atoms with Crippen LogP contribution >= 0.6 is 0 Å². The van der Waals surface area contributed by atoms with Crippen molar-refractivity contribution in [1.82, 2.24) is 10.6 Å². The summed E-state index contributed by atoms with van der Waals surface area (Å²) in [6, 6.07) is 19.3. The van der Waals surface area contributed by atoms with Crippen LogP contribution in [0.4, 0.5) is 5.69 Å². The number of benzene rings is 2. The molecule has 2 atom stereocenters. The minimum Gasteiger partial charge on any atom is -0.326 e. The summed E-state index contributed by atoms with van der Waals surface area (Å²) in [5.74, 6) is -0.0380. The maximum absolute atomic E-state index is 11.4. The highest BCUT2D eigenvalue weighted by Gasteiger charge is 2.25. The quantitative estimate of drug-likeness (QED) is 0.792. The second-order valence-electron chi connectivity index (χ2n) is 6.31. The molecule has 126 valence electrons. The third-order valence-electron chi connectivity index (χ3n) is 4.50. The zero-order chi connectivity index (χ0) is 16.8. The molecule has 1 saturated heterocycles. The Balaban J connectivity index is 1.70. The molecule has 0 radical (unpaired) electrons. The lowest BCUT2D eigenvalue weighted by atomic mass is 9.92. The van der Waals surface area contributed by atoms with E-state index in [-0.39, 0.29) is 5.91 Å². The maximum atomic E-state index is 11.4. The second kappa shape index (κ2) is 8.08. The van der Waals surface area contributed by atoms with E-state index in [4.69, 9.17) is 0 Å². The van der Waals surface area contributed by atoms with Crippen LogP contribution in [-0.4, -0.2) is 18.5 Å². The largest absolute Gasteiger partial charge is 0.326 e. The predicted molar refractivity (Wildman–Crippen MR) is 97.8 cm³/mol. The predicted octanol–water partition coefficient (Wildman–Crippen LogP) is 3.23. The fourth-order valence-corrected chi connectivity index (χ4v) is 3.35. The zero-order valence-corrected chi connectivity index (χ0v) is 14.1. The number of hydrogen-bond donors (Lipinski definition) is 3. The van der Waals surface area contributed by atoms with Crippen molar-refractivity contribution < 1.29 is 4.79 Å². The molecule has 1 heterocycles. The SMILES string of the molecule is CC(=O)Nc1ccccc1CN[C@H]1CCCN[C@H]1c1ccccc1. The average Bonchev–Trinajstić information content (AvgIpc) is 2.61. The van der Waals surface area contributed by atoms with E-state index < -0.39 is 0 Å². The Bertz CT molecular complexity index is 672. The van der Waals surface area contributed by atoms with Crippen molar-refractivity contribution in [3.63, 3.8) is 0 Å². The first-order valence-electron chi connectivity index (χ1n) is 8.61. The van der Waals surface area contributed by atoms with Crippen LogP contribution < -0.4 is 16.0 Å². The Kier molecular flexibility index (Phi) is 5.62. The summed E-state index contributed by atoms with van der Waals surface area (Å²) < 4.78 is 0. The molecule has 4 nitrogen and oxygen atoms in total. The van der Waals surface area contributed by atoms with Crippen LogP contribution in [0.5, 0.6) is 0 Å². The highest BCUT2D eigenvalue weighted by Crippen LogP contribution is 2.24. The van der Waals surface area contributed by atoms with Gasteiger partial charge in [0.25, 0.3) is 0 Å². The van der Waals surface area contributed by atoms with E-state index in [2.05, 4.69) is 52.3 Å². The van der Waals surface area contributed by atoms with Gasteiger partial charge in [-0.25, -0.2) is 0 Å². The topological polar surface area (TPSA) is 53.2 Å². The van der Waals surface area contributed by atoms with Gasteiger partial charge in [0.1, 0.15) is 0 Å². The number of carbonyl (C=O) groups excluding carboxylic acids is 1. The molecule has 1 aliphatic heterocycles. The van der Waals surface area contributed by atoms with Gasteiger partial charge in [0, 0.05) is 31.2 Å². The molecule has 0 bridgehead atoms. The van der Waals surface area contributed by atoms with Gasteiger partial charge in [-0.15, -0.1) is 0 Å². The molecule has 2 aromatic carbocycles. The highest BCUT2D eigenvalue weighted by atomic mass is 16.1. The monoisotopic (exact) mass is 323 g/mol. The molecule has 3 N–H and O–H groups in total. The van der Waals surface area contributed by atoms with Crippen LogP contribution in [0.15, 0.2) is 54.6 Å². The molecule has 0 aliphatic carbocycles. The number of amides is 1. The average molecular weight is 323 g/mol. The summed E-state index contributed by atoms with van der Waals surface area (Å²) in [5, 5.41) is 10.2. The molecule has 24 heavy (non-hydrogen) atoms. The van der Waals surface area contributed by atoms with Crippen LogP contribution in [0.1, 0.15) is 36.9 Å². The van der Waals surface area contributed by atoms with Gasteiger partial charge in [-0.2, -0.15) is 0 Å².